The molecular weight excluding hydrogens is 298 g/mol. The molecule has 1 aliphatic rings. The van der Waals surface area contributed by atoms with Crippen molar-refractivity contribution in [3.63, 3.8) is 0 Å². The number of hydrogen-bond acceptors (Lipinski definition) is 4. The number of carbonyl (C=O) groups is 1. The van der Waals surface area contributed by atoms with E-state index in [1.54, 1.807) is 12.1 Å². The van der Waals surface area contributed by atoms with Crippen LogP contribution in [0.2, 0.25) is 0 Å². The Morgan fingerprint density at radius 1 is 1.33 bits per heavy atom. The fourth-order valence-electron chi connectivity index (χ4n) is 2.10. The first-order chi connectivity index (χ1) is 8.56. The molecule has 2 atom stereocenters. The zero-order chi connectivity index (χ0) is 13.1. The average molecular weight is 314 g/mol. The molecule has 1 fully saturated rings. The number of nitrogens with zero attached hydrogens (tertiary/aromatic N) is 1. The standard InChI is InChI=1S/C13H16BrNO3/c14-10-3-1-2-9(6-10)11(16)4-5-15-7-12(17)13(18)8-15/h1-3,6,12-13,17-18H,4-5,7-8H2. The summed E-state index contributed by atoms with van der Waals surface area (Å²) in [6.45, 7) is 1.44. The van der Waals surface area contributed by atoms with E-state index in [9.17, 15) is 15.0 Å². The highest BCUT2D eigenvalue weighted by Crippen LogP contribution is 2.15. The number of ketones is 1. The van der Waals surface area contributed by atoms with Crippen LogP contribution in [0, 0.1) is 0 Å². The van der Waals surface area contributed by atoms with Gasteiger partial charge in [-0.3, -0.25) is 9.69 Å². The molecule has 1 aliphatic heterocycles. The van der Waals surface area contributed by atoms with Gasteiger partial charge in [-0.05, 0) is 12.1 Å². The predicted octanol–water partition coefficient (Wildman–Crippen LogP) is 1.06. The van der Waals surface area contributed by atoms with Gasteiger partial charge in [0.2, 0.25) is 0 Å². The van der Waals surface area contributed by atoms with Crippen molar-refractivity contribution in [3.05, 3.63) is 34.3 Å². The van der Waals surface area contributed by atoms with Crippen molar-refractivity contribution >= 4 is 21.7 Å². The SMILES string of the molecule is O=C(CCN1CC(O)C(O)C1)c1cccc(Br)c1. The van der Waals surface area contributed by atoms with E-state index >= 15 is 0 Å². The summed E-state index contributed by atoms with van der Waals surface area (Å²) in [6.07, 6.45) is -0.979. The molecule has 1 aromatic rings. The summed E-state index contributed by atoms with van der Waals surface area (Å²) < 4.78 is 0.889. The van der Waals surface area contributed by atoms with E-state index in [2.05, 4.69) is 15.9 Å². The van der Waals surface area contributed by atoms with E-state index in [1.807, 2.05) is 17.0 Å². The van der Waals surface area contributed by atoms with Crippen molar-refractivity contribution in [1.29, 1.82) is 0 Å². The maximum absolute atomic E-state index is 11.9. The maximum Gasteiger partial charge on any atom is 0.164 e. The Bertz CT molecular complexity index is 428. The van der Waals surface area contributed by atoms with Gasteiger partial charge in [0.1, 0.15) is 0 Å². The molecule has 0 amide bonds. The van der Waals surface area contributed by atoms with Crippen LogP contribution >= 0.6 is 15.9 Å². The van der Waals surface area contributed by atoms with Crippen LogP contribution in [0.25, 0.3) is 0 Å². The van der Waals surface area contributed by atoms with Crippen LogP contribution < -0.4 is 0 Å². The molecule has 2 rings (SSSR count). The lowest BCUT2D eigenvalue weighted by Crippen LogP contribution is -2.25. The number of halogens is 1. The molecule has 0 bridgehead atoms. The minimum Gasteiger partial charge on any atom is -0.389 e. The molecule has 2 N–H and O–H groups in total. The molecule has 1 saturated heterocycles. The highest BCUT2D eigenvalue weighted by molar-refractivity contribution is 9.10. The number of β-amino-alcohol motifs (C(OH)–C–C–N with tert-alkyl or cyclic N) is 2. The van der Waals surface area contributed by atoms with Crippen molar-refractivity contribution in [2.75, 3.05) is 19.6 Å². The fraction of sp³-hybridized carbons (Fsp3) is 0.462. The Morgan fingerprint density at radius 2 is 2.00 bits per heavy atom. The lowest BCUT2D eigenvalue weighted by Gasteiger charge is -2.13. The van der Waals surface area contributed by atoms with E-state index in [-0.39, 0.29) is 5.78 Å². The van der Waals surface area contributed by atoms with Gasteiger partial charge in [-0.2, -0.15) is 0 Å². The van der Waals surface area contributed by atoms with Crippen LogP contribution in [-0.4, -0.2) is 52.7 Å². The van der Waals surface area contributed by atoms with Gasteiger partial charge in [0, 0.05) is 36.1 Å². The summed E-state index contributed by atoms with van der Waals surface area (Å²) in [4.78, 5) is 13.9. The van der Waals surface area contributed by atoms with E-state index in [0.717, 1.165) is 4.47 Å². The highest BCUT2D eigenvalue weighted by Gasteiger charge is 2.29. The van der Waals surface area contributed by atoms with E-state index in [4.69, 9.17) is 0 Å². The lowest BCUT2D eigenvalue weighted by atomic mass is 10.1. The van der Waals surface area contributed by atoms with Crippen molar-refractivity contribution in [2.24, 2.45) is 0 Å². The van der Waals surface area contributed by atoms with Crippen molar-refractivity contribution in [1.82, 2.24) is 4.90 Å². The molecule has 1 heterocycles. The number of carbonyl (C=O) groups excluding carboxylic acids is 1. The smallest absolute Gasteiger partial charge is 0.164 e. The Balaban J connectivity index is 1.86. The molecule has 5 heteroatoms. The molecule has 0 aromatic heterocycles. The molecule has 0 radical (unpaired) electrons. The first-order valence-corrected chi connectivity index (χ1v) is 6.73. The molecule has 2 unspecified atom stereocenters. The Morgan fingerprint density at radius 3 is 2.61 bits per heavy atom. The first kappa shape index (κ1) is 13.7. The van der Waals surface area contributed by atoms with Crippen molar-refractivity contribution < 1.29 is 15.0 Å². The van der Waals surface area contributed by atoms with Crippen molar-refractivity contribution in [2.45, 2.75) is 18.6 Å². The number of aliphatic hydroxyl groups is 2. The summed E-state index contributed by atoms with van der Waals surface area (Å²) in [5.41, 5.74) is 0.685. The Kier molecular flexibility index (Phi) is 4.50. The molecule has 0 spiro atoms. The van der Waals surface area contributed by atoms with Gasteiger partial charge in [0.15, 0.2) is 5.78 Å². The average Bonchev–Trinajstić information content (AvgIpc) is 2.66. The van der Waals surface area contributed by atoms with Crippen LogP contribution in [0.1, 0.15) is 16.8 Å². The molecule has 1 aromatic carbocycles. The zero-order valence-electron chi connectivity index (χ0n) is 9.92. The quantitative estimate of drug-likeness (QED) is 0.816. The minimum absolute atomic E-state index is 0.0761. The van der Waals surface area contributed by atoms with Gasteiger partial charge in [-0.15, -0.1) is 0 Å². The summed E-state index contributed by atoms with van der Waals surface area (Å²) >= 11 is 3.33. The highest BCUT2D eigenvalue weighted by atomic mass is 79.9. The normalized spacial score (nSPS) is 24.4. The van der Waals surface area contributed by atoms with Crippen LogP contribution in [0.15, 0.2) is 28.7 Å². The van der Waals surface area contributed by atoms with Crippen LogP contribution in [0.4, 0.5) is 0 Å². The number of Topliss-reactive ketones (excluding diaryl/α,β-unsaturated/α-hetero) is 1. The second-order valence-electron chi connectivity index (χ2n) is 4.58. The van der Waals surface area contributed by atoms with Crippen LogP contribution in [0.5, 0.6) is 0 Å². The first-order valence-electron chi connectivity index (χ1n) is 5.93. The number of benzene rings is 1. The molecular formula is C13H16BrNO3. The van der Waals surface area contributed by atoms with Gasteiger partial charge in [-0.1, -0.05) is 28.1 Å². The second-order valence-corrected chi connectivity index (χ2v) is 5.49. The third-order valence-electron chi connectivity index (χ3n) is 3.14. The molecule has 98 valence electrons. The molecule has 18 heavy (non-hydrogen) atoms. The fourth-order valence-corrected chi connectivity index (χ4v) is 2.49. The monoisotopic (exact) mass is 313 g/mol. The maximum atomic E-state index is 11.9. The van der Waals surface area contributed by atoms with Crippen LogP contribution in [0.3, 0.4) is 0 Å². The van der Waals surface area contributed by atoms with E-state index in [0.29, 0.717) is 31.6 Å². The molecule has 0 aliphatic carbocycles. The van der Waals surface area contributed by atoms with E-state index in [1.165, 1.54) is 0 Å². The second kappa shape index (κ2) is 5.93. The van der Waals surface area contributed by atoms with Gasteiger partial charge in [-0.25, -0.2) is 0 Å². The molecule has 4 nitrogen and oxygen atoms in total. The van der Waals surface area contributed by atoms with Crippen LogP contribution in [-0.2, 0) is 0 Å². The van der Waals surface area contributed by atoms with Gasteiger partial charge in [0.05, 0.1) is 12.2 Å². The number of rotatable bonds is 4. The van der Waals surface area contributed by atoms with Gasteiger partial charge >= 0.3 is 0 Å². The molecule has 0 saturated carbocycles. The van der Waals surface area contributed by atoms with Gasteiger partial charge in [0.25, 0.3) is 0 Å². The summed E-state index contributed by atoms with van der Waals surface area (Å²) in [7, 11) is 0. The summed E-state index contributed by atoms with van der Waals surface area (Å²) in [5.74, 6) is 0.0761. The third kappa shape index (κ3) is 3.38. The Labute approximate surface area is 114 Å². The topological polar surface area (TPSA) is 60.8 Å². The number of aliphatic hydroxyl groups excluding tert-OH is 2. The third-order valence-corrected chi connectivity index (χ3v) is 3.63. The lowest BCUT2D eigenvalue weighted by molar-refractivity contribution is 0.0572. The predicted molar refractivity (Wildman–Crippen MR) is 71.5 cm³/mol. The number of likely N-dealkylation sites (tertiary alicyclic amines) is 1. The van der Waals surface area contributed by atoms with Gasteiger partial charge < -0.3 is 10.2 Å². The minimum atomic E-state index is -0.689. The Hall–Kier alpha value is -0.750. The zero-order valence-corrected chi connectivity index (χ0v) is 11.5. The number of hydrogen-bond donors (Lipinski definition) is 2. The largest absolute Gasteiger partial charge is 0.389 e. The summed E-state index contributed by atoms with van der Waals surface area (Å²) in [6, 6.07) is 7.31. The van der Waals surface area contributed by atoms with Crippen molar-refractivity contribution in [3.8, 4) is 0 Å². The van der Waals surface area contributed by atoms with E-state index < -0.39 is 12.2 Å². The summed E-state index contributed by atoms with van der Waals surface area (Å²) in [5, 5.41) is 18.8.